The molecule has 7 heteroatoms. The molecule has 0 aromatic heterocycles. The quantitative estimate of drug-likeness (QED) is 0.529. The molecule has 0 fully saturated rings. The van der Waals surface area contributed by atoms with Gasteiger partial charge in [0.2, 0.25) is 0 Å². The van der Waals surface area contributed by atoms with Gasteiger partial charge in [0.1, 0.15) is 11.8 Å². The molecule has 6 nitrogen and oxygen atoms in total. The maximum Gasteiger partial charge on any atom is 0.276 e. The third kappa shape index (κ3) is 4.27. The van der Waals surface area contributed by atoms with Gasteiger partial charge in [-0.25, -0.2) is 0 Å². The average Bonchev–Trinajstić information content (AvgIpc) is 2.42. The maximum absolute atomic E-state index is 11.4. The molecule has 1 aromatic rings. The molecule has 0 aliphatic heterocycles. The topological polar surface area (TPSA) is 86.2 Å². The summed E-state index contributed by atoms with van der Waals surface area (Å²) in [6.45, 7) is -0.210. The van der Waals surface area contributed by atoms with Gasteiger partial charge in [0.25, 0.3) is 5.91 Å². The zero-order valence-corrected chi connectivity index (χ0v) is 10.5. The fraction of sp³-hybridized carbons (Fsp3) is 0.182. The summed E-state index contributed by atoms with van der Waals surface area (Å²) in [5.41, 5.74) is 5.19. The van der Waals surface area contributed by atoms with Crippen molar-refractivity contribution in [2.24, 2.45) is 0 Å². The zero-order valence-electron chi connectivity index (χ0n) is 9.69. The number of carbonyl (C=O) groups excluding carboxylic acids is 1. The van der Waals surface area contributed by atoms with Gasteiger partial charge in [-0.3, -0.25) is 15.6 Å². The molecular weight excluding hydrogens is 252 g/mol. The van der Waals surface area contributed by atoms with Crippen LogP contribution in [0.1, 0.15) is 5.56 Å². The van der Waals surface area contributed by atoms with Gasteiger partial charge in [0.15, 0.2) is 11.7 Å². The highest BCUT2D eigenvalue weighted by Crippen LogP contribution is 2.15. The SMILES string of the molecule is CNC(=S)NNC(=O)COc1ccccc1C#N. The van der Waals surface area contributed by atoms with Crippen molar-refractivity contribution in [2.75, 3.05) is 13.7 Å². The first-order chi connectivity index (χ1) is 8.67. The Bertz CT molecular complexity index is 484. The zero-order chi connectivity index (χ0) is 13.4. The number of thiocarbonyl (C=S) groups is 1. The average molecular weight is 264 g/mol. The largest absolute Gasteiger partial charge is 0.482 e. The van der Waals surface area contributed by atoms with E-state index in [1.54, 1.807) is 31.3 Å². The van der Waals surface area contributed by atoms with Gasteiger partial charge in [-0.1, -0.05) is 12.1 Å². The molecule has 18 heavy (non-hydrogen) atoms. The fourth-order valence-corrected chi connectivity index (χ4v) is 1.10. The molecule has 0 aliphatic carbocycles. The second-order valence-corrected chi connectivity index (χ2v) is 3.56. The lowest BCUT2D eigenvalue weighted by Gasteiger charge is -2.10. The number of nitrogens with one attached hydrogen (secondary N) is 3. The Kier molecular flexibility index (Phi) is 5.41. The van der Waals surface area contributed by atoms with Crippen molar-refractivity contribution < 1.29 is 9.53 Å². The summed E-state index contributed by atoms with van der Waals surface area (Å²) in [5.74, 6) is -0.0355. The summed E-state index contributed by atoms with van der Waals surface area (Å²) in [7, 11) is 1.63. The van der Waals surface area contributed by atoms with Gasteiger partial charge < -0.3 is 10.1 Å². The van der Waals surface area contributed by atoms with Crippen LogP contribution in [0.2, 0.25) is 0 Å². The number of para-hydroxylation sites is 1. The van der Waals surface area contributed by atoms with Crippen LogP contribution in [-0.2, 0) is 4.79 Å². The van der Waals surface area contributed by atoms with Crippen molar-refractivity contribution in [3.05, 3.63) is 29.8 Å². The summed E-state index contributed by atoms with van der Waals surface area (Å²) in [4.78, 5) is 11.4. The third-order valence-electron chi connectivity index (χ3n) is 1.91. The molecule has 0 bridgehead atoms. The molecule has 1 rings (SSSR count). The summed E-state index contributed by atoms with van der Waals surface area (Å²) >= 11 is 4.77. The molecule has 0 heterocycles. The predicted octanol–water partition coefficient (Wildman–Crippen LogP) is 0.0622. The minimum absolute atomic E-state index is 0.210. The minimum Gasteiger partial charge on any atom is -0.482 e. The maximum atomic E-state index is 11.4. The molecule has 0 saturated carbocycles. The highest BCUT2D eigenvalue weighted by atomic mass is 32.1. The van der Waals surface area contributed by atoms with Crippen molar-refractivity contribution in [1.82, 2.24) is 16.2 Å². The number of nitrogens with zero attached hydrogens (tertiary/aromatic N) is 1. The number of hydrogen-bond donors (Lipinski definition) is 3. The number of nitriles is 1. The van der Waals surface area contributed by atoms with E-state index in [-0.39, 0.29) is 6.61 Å². The predicted molar refractivity (Wildman–Crippen MR) is 69.6 cm³/mol. The molecule has 0 spiro atoms. The van der Waals surface area contributed by atoms with E-state index in [9.17, 15) is 4.79 Å². The smallest absolute Gasteiger partial charge is 0.276 e. The van der Waals surface area contributed by atoms with E-state index >= 15 is 0 Å². The van der Waals surface area contributed by atoms with Crippen molar-refractivity contribution in [3.8, 4) is 11.8 Å². The van der Waals surface area contributed by atoms with Gasteiger partial charge in [-0.15, -0.1) is 0 Å². The second kappa shape index (κ2) is 7.09. The Hall–Kier alpha value is -2.33. The second-order valence-electron chi connectivity index (χ2n) is 3.15. The lowest BCUT2D eigenvalue weighted by atomic mass is 10.2. The fourth-order valence-electron chi connectivity index (χ4n) is 1.05. The summed E-state index contributed by atoms with van der Waals surface area (Å²) in [6.07, 6.45) is 0. The van der Waals surface area contributed by atoms with Crippen LogP contribution >= 0.6 is 12.2 Å². The number of hydrazine groups is 1. The van der Waals surface area contributed by atoms with Crippen molar-refractivity contribution >= 4 is 23.2 Å². The summed E-state index contributed by atoms with van der Waals surface area (Å²) in [6, 6.07) is 8.66. The van der Waals surface area contributed by atoms with Crippen LogP contribution in [0.3, 0.4) is 0 Å². The Morgan fingerprint density at radius 1 is 1.44 bits per heavy atom. The monoisotopic (exact) mass is 264 g/mol. The minimum atomic E-state index is -0.402. The number of rotatable bonds is 3. The first kappa shape index (κ1) is 13.7. The summed E-state index contributed by atoms with van der Waals surface area (Å²) in [5, 5.41) is 11.7. The Balaban J connectivity index is 2.43. The van der Waals surface area contributed by atoms with Gasteiger partial charge >= 0.3 is 0 Å². The van der Waals surface area contributed by atoms with Gasteiger partial charge in [0, 0.05) is 7.05 Å². The highest BCUT2D eigenvalue weighted by Gasteiger charge is 2.05. The Morgan fingerprint density at radius 3 is 2.83 bits per heavy atom. The summed E-state index contributed by atoms with van der Waals surface area (Å²) < 4.78 is 5.22. The molecule has 0 aliphatic rings. The number of amides is 1. The van der Waals surface area contributed by atoms with E-state index in [4.69, 9.17) is 22.2 Å². The Morgan fingerprint density at radius 2 is 2.17 bits per heavy atom. The van der Waals surface area contributed by atoms with Crippen molar-refractivity contribution in [2.45, 2.75) is 0 Å². The molecular formula is C11H12N4O2S. The molecule has 1 aromatic carbocycles. The molecule has 1 amide bonds. The van der Waals surface area contributed by atoms with Crippen LogP contribution in [0.4, 0.5) is 0 Å². The van der Waals surface area contributed by atoms with Crippen LogP contribution in [0, 0.1) is 11.3 Å². The van der Waals surface area contributed by atoms with Crippen LogP contribution in [0.5, 0.6) is 5.75 Å². The number of carbonyl (C=O) groups is 1. The highest BCUT2D eigenvalue weighted by molar-refractivity contribution is 7.80. The third-order valence-corrected chi connectivity index (χ3v) is 2.21. The molecule has 0 saturated heterocycles. The number of ether oxygens (including phenoxy) is 1. The molecule has 3 N–H and O–H groups in total. The van der Waals surface area contributed by atoms with E-state index in [2.05, 4.69) is 16.2 Å². The normalized spacial score (nSPS) is 8.89. The number of benzene rings is 1. The van der Waals surface area contributed by atoms with E-state index in [1.165, 1.54) is 0 Å². The Labute approximate surface area is 110 Å². The first-order valence-electron chi connectivity index (χ1n) is 5.06. The molecule has 94 valence electrons. The lowest BCUT2D eigenvalue weighted by molar-refractivity contribution is -0.123. The lowest BCUT2D eigenvalue weighted by Crippen LogP contribution is -2.47. The molecule has 0 unspecified atom stereocenters. The van der Waals surface area contributed by atoms with Gasteiger partial charge in [-0.05, 0) is 24.4 Å². The molecule has 0 radical (unpaired) electrons. The molecule has 0 atom stereocenters. The van der Waals surface area contributed by atoms with Crippen LogP contribution in [0.25, 0.3) is 0 Å². The number of hydrogen-bond acceptors (Lipinski definition) is 4. The van der Waals surface area contributed by atoms with E-state index < -0.39 is 5.91 Å². The van der Waals surface area contributed by atoms with E-state index in [0.29, 0.717) is 16.4 Å². The van der Waals surface area contributed by atoms with Gasteiger partial charge in [-0.2, -0.15) is 5.26 Å². The van der Waals surface area contributed by atoms with E-state index in [0.717, 1.165) is 0 Å². The van der Waals surface area contributed by atoms with E-state index in [1.807, 2.05) is 6.07 Å². The standard InChI is InChI=1S/C11H12N4O2S/c1-13-11(18)15-14-10(16)7-17-9-5-3-2-4-8(9)6-12/h2-5H,7H2,1H3,(H,14,16)(H2,13,15,18). The first-order valence-corrected chi connectivity index (χ1v) is 5.46. The van der Waals surface area contributed by atoms with Crippen LogP contribution < -0.4 is 20.9 Å². The van der Waals surface area contributed by atoms with Crippen LogP contribution in [-0.4, -0.2) is 24.7 Å². The van der Waals surface area contributed by atoms with Gasteiger partial charge in [0.05, 0.1) is 5.56 Å². The van der Waals surface area contributed by atoms with Crippen molar-refractivity contribution in [1.29, 1.82) is 5.26 Å². The van der Waals surface area contributed by atoms with Crippen molar-refractivity contribution in [3.63, 3.8) is 0 Å². The van der Waals surface area contributed by atoms with Crippen LogP contribution in [0.15, 0.2) is 24.3 Å².